The molecule has 0 saturated heterocycles. The highest BCUT2D eigenvalue weighted by molar-refractivity contribution is 5.84. The molecule has 0 radical (unpaired) electrons. The van der Waals surface area contributed by atoms with Crippen LogP contribution in [0, 0.1) is 5.41 Å². The van der Waals surface area contributed by atoms with Crippen LogP contribution < -0.4 is 5.32 Å². The second kappa shape index (κ2) is 5.38. The maximum absolute atomic E-state index is 12.6. The zero-order chi connectivity index (χ0) is 14.8. The van der Waals surface area contributed by atoms with Gasteiger partial charge in [0.1, 0.15) is 0 Å². The summed E-state index contributed by atoms with van der Waals surface area (Å²) < 4.78 is 60.9. The smallest absolute Gasteiger partial charge is 0.350 e. The predicted molar refractivity (Wildman–Crippen MR) is 56.3 cm³/mol. The van der Waals surface area contributed by atoms with E-state index in [1.807, 2.05) is 0 Å². The Hall–Kier alpha value is -0.920. The van der Waals surface area contributed by atoms with Gasteiger partial charge in [0.15, 0.2) is 0 Å². The van der Waals surface area contributed by atoms with Gasteiger partial charge < -0.3 is 10.2 Å². The van der Waals surface area contributed by atoms with Crippen LogP contribution in [0.5, 0.6) is 0 Å². The monoisotopic (exact) mass is 276 g/mol. The number of nitrogens with one attached hydrogen (secondary N) is 1. The average molecular weight is 276 g/mol. The second-order valence-electron chi connectivity index (χ2n) is 5.16. The van der Waals surface area contributed by atoms with Crippen molar-refractivity contribution in [1.29, 1.82) is 0 Å². The summed E-state index contributed by atoms with van der Waals surface area (Å²) in [7, 11) is 3.46. The Kier molecular flexibility index (Phi) is 5.10. The van der Waals surface area contributed by atoms with Crippen LogP contribution in [-0.4, -0.2) is 50.1 Å². The highest BCUT2D eigenvalue weighted by Crippen LogP contribution is 2.35. The van der Waals surface area contributed by atoms with Gasteiger partial charge in [0.2, 0.25) is 0 Å². The van der Waals surface area contributed by atoms with E-state index >= 15 is 0 Å². The lowest BCUT2D eigenvalue weighted by molar-refractivity contribution is -0.269. The van der Waals surface area contributed by atoms with Crippen molar-refractivity contribution >= 4 is 5.91 Å². The molecule has 0 aliphatic carbocycles. The molecule has 0 aromatic rings. The molecule has 1 amide bonds. The van der Waals surface area contributed by atoms with Crippen molar-refractivity contribution in [3.05, 3.63) is 0 Å². The zero-order valence-electron chi connectivity index (χ0n) is 10.7. The van der Waals surface area contributed by atoms with Gasteiger partial charge in [-0.2, -0.15) is 22.0 Å². The van der Waals surface area contributed by atoms with Crippen molar-refractivity contribution in [2.75, 3.05) is 27.2 Å². The summed E-state index contributed by atoms with van der Waals surface area (Å²) in [5, 5.41) is 1.64. The zero-order valence-corrected chi connectivity index (χ0v) is 10.7. The lowest BCUT2D eigenvalue weighted by Crippen LogP contribution is -2.52. The number of amides is 1. The first kappa shape index (κ1) is 17.1. The molecule has 0 heterocycles. The van der Waals surface area contributed by atoms with Crippen LogP contribution in [0.2, 0.25) is 0 Å². The lowest BCUT2D eigenvalue weighted by atomic mass is 9.93. The molecule has 108 valence electrons. The van der Waals surface area contributed by atoms with E-state index in [0.29, 0.717) is 6.54 Å². The standard InChI is InChI=1S/C10H17F5N2O/c1-8(2,6-17(3)4)5-16-7(18)9(11,12)10(13,14)15/h5-6H2,1-4H3,(H,16,18). The lowest BCUT2D eigenvalue weighted by Gasteiger charge is -2.29. The van der Waals surface area contributed by atoms with Crippen LogP contribution in [0.4, 0.5) is 22.0 Å². The van der Waals surface area contributed by atoms with Crippen LogP contribution in [0.25, 0.3) is 0 Å². The first-order chi connectivity index (χ1) is 7.79. The number of rotatable bonds is 5. The van der Waals surface area contributed by atoms with Crippen molar-refractivity contribution in [2.24, 2.45) is 5.41 Å². The number of hydrogen-bond acceptors (Lipinski definition) is 2. The van der Waals surface area contributed by atoms with Crippen LogP contribution >= 0.6 is 0 Å². The fourth-order valence-electron chi connectivity index (χ4n) is 1.47. The molecule has 0 fully saturated rings. The fraction of sp³-hybridized carbons (Fsp3) is 0.900. The number of nitrogens with zero attached hydrogens (tertiary/aromatic N) is 1. The highest BCUT2D eigenvalue weighted by Gasteiger charge is 2.63. The number of carbonyl (C=O) groups is 1. The molecule has 0 bridgehead atoms. The molecule has 0 aliphatic heterocycles. The largest absolute Gasteiger partial charge is 0.463 e. The first-order valence-electron chi connectivity index (χ1n) is 5.17. The Morgan fingerprint density at radius 2 is 1.56 bits per heavy atom. The minimum Gasteiger partial charge on any atom is -0.350 e. The third-order valence-electron chi connectivity index (χ3n) is 2.11. The Balaban J connectivity index is 4.52. The van der Waals surface area contributed by atoms with Crippen molar-refractivity contribution in [3.8, 4) is 0 Å². The van der Waals surface area contributed by atoms with E-state index in [1.54, 1.807) is 38.2 Å². The van der Waals surface area contributed by atoms with Gasteiger partial charge >= 0.3 is 12.1 Å². The van der Waals surface area contributed by atoms with Gasteiger partial charge in [-0.1, -0.05) is 13.8 Å². The van der Waals surface area contributed by atoms with Gasteiger partial charge in [-0.05, 0) is 19.5 Å². The second-order valence-corrected chi connectivity index (χ2v) is 5.16. The number of hydrogen-bond donors (Lipinski definition) is 1. The highest BCUT2D eigenvalue weighted by atomic mass is 19.4. The molecule has 1 N–H and O–H groups in total. The third-order valence-corrected chi connectivity index (χ3v) is 2.11. The maximum Gasteiger partial charge on any atom is 0.463 e. The Morgan fingerprint density at radius 3 is 1.89 bits per heavy atom. The number of halogens is 5. The molecule has 0 aliphatic rings. The Bertz CT molecular complexity index is 299. The molecule has 0 aromatic carbocycles. The maximum atomic E-state index is 12.6. The molecule has 0 unspecified atom stereocenters. The summed E-state index contributed by atoms with van der Waals surface area (Å²) in [5.74, 6) is -7.68. The third kappa shape index (κ3) is 4.75. The summed E-state index contributed by atoms with van der Waals surface area (Å²) in [6.07, 6.45) is -5.87. The van der Waals surface area contributed by atoms with E-state index < -0.39 is 23.4 Å². The van der Waals surface area contributed by atoms with E-state index in [1.165, 1.54) is 0 Å². The van der Waals surface area contributed by atoms with Crippen molar-refractivity contribution in [3.63, 3.8) is 0 Å². The van der Waals surface area contributed by atoms with E-state index in [0.717, 1.165) is 0 Å². The summed E-state index contributed by atoms with van der Waals surface area (Å²) in [4.78, 5) is 12.6. The van der Waals surface area contributed by atoms with E-state index in [9.17, 15) is 26.7 Å². The van der Waals surface area contributed by atoms with Crippen molar-refractivity contribution < 1.29 is 26.7 Å². The first-order valence-corrected chi connectivity index (χ1v) is 5.17. The summed E-state index contributed by atoms with van der Waals surface area (Å²) in [5.41, 5.74) is -0.610. The molecule has 18 heavy (non-hydrogen) atoms. The SMILES string of the molecule is CN(C)CC(C)(C)CNC(=O)C(F)(F)C(F)(F)F. The van der Waals surface area contributed by atoms with Crippen LogP contribution in [0.3, 0.4) is 0 Å². The molecule has 0 aromatic heterocycles. The summed E-state index contributed by atoms with van der Waals surface area (Å²) in [6, 6.07) is 0. The van der Waals surface area contributed by atoms with E-state index in [2.05, 4.69) is 0 Å². The predicted octanol–water partition coefficient (Wildman–Crippen LogP) is 1.89. The minimum absolute atomic E-state index is 0.268. The van der Waals surface area contributed by atoms with Gasteiger partial charge in [0, 0.05) is 13.1 Å². The molecule has 3 nitrogen and oxygen atoms in total. The van der Waals surface area contributed by atoms with E-state index in [4.69, 9.17) is 0 Å². The molecule has 0 atom stereocenters. The number of alkyl halides is 5. The molecule has 0 spiro atoms. The van der Waals surface area contributed by atoms with Gasteiger partial charge in [-0.15, -0.1) is 0 Å². The summed E-state index contributed by atoms with van der Waals surface area (Å²) >= 11 is 0. The molecule has 8 heteroatoms. The fourth-order valence-corrected chi connectivity index (χ4v) is 1.47. The minimum atomic E-state index is -5.87. The van der Waals surface area contributed by atoms with Gasteiger partial charge in [0.05, 0.1) is 0 Å². The average Bonchev–Trinajstić information content (AvgIpc) is 2.10. The van der Waals surface area contributed by atoms with Gasteiger partial charge in [-0.3, -0.25) is 4.79 Å². The topological polar surface area (TPSA) is 32.3 Å². The van der Waals surface area contributed by atoms with Crippen LogP contribution in [0.1, 0.15) is 13.8 Å². The Morgan fingerprint density at radius 1 is 1.11 bits per heavy atom. The molecule has 0 saturated carbocycles. The normalized spacial score (nSPS) is 13.9. The van der Waals surface area contributed by atoms with E-state index in [-0.39, 0.29) is 6.54 Å². The van der Waals surface area contributed by atoms with Gasteiger partial charge in [0.25, 0.3) is 5.91 Å². The summed E-state index contributed by atoms with van der Waals surface area (Å²) in [6.45, 7) is 3.47. The van der Waals surface area contributed by atoms with Crippen molar-refractivity contribution in [1.82, 2.24) is 10.2 Å². The van der Waals surface area contributed by atoms with Crippen LogP contribution in [0.15, 0.2) is 0 Å². The van der Waals surface area contributed by atoms with Crippen molar-refractivity contribution in [2.45, 2.75) is 25.9 Å². The van der Waals surface area contributed by atoms with Gasteiger partial charge in [-0.25, -0.2) is 0 Å². The molecule has 0 rings (SSSR count). The van der Waals surface area contributed by atoms with Crippen LogP contribution in [-0.2, 0) is 4.79 Å². The quantitative estimate of drug-likeness (QED) is 0.778. The Labute approximate surface area is 102 Å². The molecular weight excluding hydrogens is 259 g/mol. The molecular formula is C10H17F5N2O. The number of carbonyl (C=O) groups excluding carboxylic acids is 1.